The Morgan fingerprint density at radius 3 is 2.84 bits per heavy atom. The Bertz CT molecular complexity index is 442. The molecule has 0 aliphatic heterocycles. The van der Waals surface area contributed by atoms with Crippen molar-refractivity contribution in [1.29, 1.82) is 0 Å². The van der Waals surface area contributed by atoms with E-state index in [4.69, 9.17) is 0 Å². The number of nitro groups is 1. The van der Waals surface area contributed by atoms with Gasteiger partial charge in [-0.3, -0.25) is 10.1 Å². The van der Waals surface area contributed by atoms with E-state index in [0.717, 1.165) is 18.9 Å². The van der Waals surface area contributed by atoms with Gasteiger partial charge in [0.05, 0.1) is 4.92 Å². The van der Waals surface area contributed by atoms with Gasteiger partial charge in [-0.15, -0.1) is 0 Å². The molecule has 0 radical (unpaired) electrons. The van der Waals surface area contributed by atoms with Crippen molar-refractivity contribution in [3.05, 3.63) is 27.9 Å². The Morgan fingerprint density at radius 2 is 2.16 bits per heavy atom. The van der Waals surface area contributed by atoms with Crippen LogP contribution in [0.4, 0.5) is 11.5 Å². The van der Waals surface area contributed by atoms with Crippen LogP contribution in [-0.2, 0) is 0 Å². The zero-order chi connectivity index (χ0) is 13.7. The van der Waals surface area contributed by atoms with Gasteiger partial charge in [0.1, 0.15) is 0 Å². The average Bonchev–Trinajstić information content (AvgIpc) is 2.39. The van der Waals surface area contributed by atoms with Crippen LogP contribution in [0.15, 0.2) is 12.3 Å². The number of aromatic nitrogens is 1. The molecule has 0 bridgehead atoms. The zero-order valence-electron chi connectivity index (χ0n) is 11.4. The summed E-state index contributed by atoms with van der Waals surface area (Å²) in [7, 11) is 0. The fraction of sp³-hybridized carbons (Fsp3) is 0.643. The zero-order valence-corrected chi connectivity index (χ0v) is 11.4. The topological polar surface area (TPSA) is 68.1 Å². The second kappa shape index (κ2) is 6.50. The molecule has 0 saturated heterocycles. The molecule has 1 saturated carbocycles. The minimum Gasteiger partial charge on any atom is -0.364 e. The third-order valence-electron chi connectivity index (χ3n) is 3.88. The number of anilines is 1. The predicted octanol–water partition coefficient (Wildman–Crippen LogP) is 3.68. The van der Waals surface area contributed by atoms with Gasteiger partial charge in [-0.05, 0) is 25.3 Å². The van der Waals surface area contributed by atoms with E-state index in [0.29, 0.717) is 11.4 Å². The fourth-order valence-corrected chi connectivity index (χ4v) is 2.78. The summed E-state index contributed by atoms with van der Waals surface area (Å²) in [6, 6.07) is 1.67. The molecule has 1 N–H and O–H groups in total. The molecule has 0 aromatic carbocycles. The summed E-state index contributed by atoms with van der Waals surface area (Å²) in [6.07, 6.45) is 9.30. The number of rotatable bonds is 5. The van der Waals surface area contributed by atoms with E-state index >= 15 is 0 Å². The van der Waals surface area contributed by atoms with Crippen molar-refractivity contribution in [2.75, 3.05) is 11.9 Å². The van der Waals surface area contributed by atoms with Crippen LogP contribution < -0.4 is 5.32 Å². The molecule has 0 unspecified atom stereocenters. The maximum Gasteiger partial charge on any atom is 0.314 e. The summed E-state index contributed by atoms with van der Waals surface area (Å²) in [6.45, 7) is 2.51. The molecule has 19 heavy (non-hydrogen) atoms. The van der Waals surface area contributed by atoms with Crippen LogP contribution in [0.25, 0.3) is 0 Å². The summed E-state index contributed by atoms with van der Waals surface area (Å²) in [5.74, 6) is 1.17. The number of aryl methyl sites for hydroxylation is 1. The molecule has 1 fully saturated rings. The normalized spacial score (nSPS) is 16.3. The number of nitrogens with one attached hydrogen (secondary N) is 1. The van der Waals surface area contributed by atoms with E-state index in [9.17, 15) is 10.1 Å². The van der Waals surface area contributed by atoms with Crippen LogP contribution in [-0.4, -0.2) is 16.5 Å². The molecule has 1 heterocycles. The van der Waals surface area contributed by atoms with Crippen molar-refractivity contribution in [3.8, 4) is 0 Å². The predicted molar refractivity (Wildman–Crippen MR) is 75.3 cm³/mol. The van der Waals surface area contributed by atoms with Crippen LogP contribution >= 0.6 is 0 Å². The van der Waals surface area contributed by atoms with Crippen molar-refractivity contribution in [3.63, 3.8) is 0 Å². The smallest absolute Gasteiger partial charge is 0.314 e. The minimum absolute atomic E-state index is 0.103. The van der Waals surface area contributed by atoms with Gasteiger partial charge in [0.25, 0.3) is 0 Å². The number of hydrogen-bond donors (Lipinski definition) is 1. The van der Waals surface area contributed by atoms with Crippen molar-refractivity contribution < 1.29 is 4.92 Å². The monoisotopic (exact) mass is 263 g/mol. The maximum absolute atomic E-state index is 11.0. The second-order valence-electron chi connectivity index (χ2n) is 5.30. The van der Waals surface area contributed by atoms with Crippen molar-refractivity contribution in [2.45, 2.75) is 45.4 Å². The van der Waals surface area contributed by atoms with Gasteiger partial charge in [-0.2, -0.15) is 0 Å². The maximum atomic E-state index is 11.0. The second-order valence-corrected chi connectivity index (χ2v) is 5.30. The van der Waals surface area contributed by atoms with Gasteiger partial charge in [0.2, 0.25) is 5.82 Å². The first-order chi connectivity index (χ1) is 9.18. The van der Waals surface area contributed by atoms with Crippen LogP contribution in [0.3, 0.4) is 0 Å². The fourth-order valence-electron chi connectivity index (χ4n) is 2.78. The molecule has 0 amide bonds. The third kappa shape index (κ3) is 3.66. The molecule has 5 heteroatoms. The standard InChI is InChI=1S/C14H21N3O2/c1-11-7-9-15-14(13(11)17(18)19)16-10-8-12-5-3-2-4-6-12/h7,9,12H,2-6,8,10H2,1H3,(H,15,16). The van der Waals surface area contributed by atoms with Gasteiger partial charge in [0.15, 0.2) is 0 Å². The van der Waals surface area contributed by atoms with Gasteiger partial charge < -0.3 is 5.32 Å². The number of hydrogen-bond acceptors (Lipinski definition) is 4. The molecular formula is C14H21N3O2. The average molecular weight is 263 g/mol. The molecule has 1 aliphatic carbocycles. The Morgan fingerprint density at radius 1 is 1.42 bits per heavy atom. The summed E-state index contributed by atoms with van der Waals surface area (Å²) < 4.78 is 0. The minimum atomic E-state index is -0.356. The van der Waals surface area contributed by atoms with Crippen molar-refractivity contribution in [2.24, 2.45) is 5.92 Å². The highest BCUT2D eigenvalue weighted by molar-refractivity contribution is 5.59. The first kappa shape index (κ1) is 13.8. The first-order valence-electron chi connectivity index (χ1n) is 7.02. The van der Waals surface area contributed by atoms with E-state index in [2.05, 4.69) is 10.3 Å². The Kier molecular flexibility index (Phi) is 4.71. The van der Waals surface area contributed by atoms with Crippen molar-refractivity contribution >= 4 is 11.5 Å². The van der Waals surface area contributed by atoms with E-state index in [-0.39, 0.29) is 10.6 Å². The molecular weight excluding hydrogens is 242 g/mol. The molecule has 1 aromatic rings. The van der Waals surface area contributed by atoms with E-state index in [1.807, 2.05) is 0 Å². The lowest BCUT2D eigenvalue weighted by molar-refractivity contribution is -0.384. The molecule has 5 nitrogen and oxygen atoms in total. The van der Waals surface area contributed by atoms with Gasteiger partial charge >= 0.3 is 5.69 Å². The summed E-state index contributed by atoms with van der Waals surface area (Å²) in [5.41, 5.74) is 0.756. The highest BCUT2D eigenvalue weighted by atomic mass is 16.6. The number of pyridine rings is 1. The van der Waals surface area contributed by atoms with Crippen LogP contribution in [0, 0.1) is 23.0 Å². The highest BCUT2D eigenvalue weighted by Crippen LogP contribution is 2.28. The Balaban J connectivity index is 1.92. The quantitative estimate of drug-likeness (QED) is 0.650. The Labute approximate surface area is 113 Å². The van der Waals surface area contributed by atoms with Crippen LogP contribution in [0.1, 0.15) is 44.1 Å². The highest BCUT2D eigenvalue weighted by Gasteiger charge is 2.19. The largest absolute Gasteiger partial charge is 0.364 e. The summed E-state index contributed by atoms with van der Waals surface area (Å²) in [5, 5.41) is 14.2. The molecule has 1 aromatic heterocycles. The van der Waals surface area contributed by atoms with Gasteiger partial charge in [-0.25, -0.2) is 4.98 Å². The third-order valence-corrected chi connectivity index (χ3v) is 3.88. The summed E-state index contributed by atoms with van der Waals surface area (Å²) in [4.78, 5) is 14.8. The van der Waals surface area contributed by atoms with E-state index < -0.39 is 0 Å². The van der Waals surface area contributed by atoms with Gasteiger partial charge in [-0.1, -0.05) is 32.1 Å². The lowest BCUT2D eigenvalue weighted by Gasteiger charge is -2.21. The lowest BCUT2D eigenvalue weighted by Crippen LogP contribution is -2.13. The van der Waals surface area contributed by atoms with Gasteiger partial charge in [0, 0.05) is 18.3 Å². The molecule has 1 aliphatic rings. The Hall–Kier alpha value is -1.65. The number of nitrogens with zero attached hydrogens (tertiary/aromatic N) is 2. The first-order valence-corrected chi connectivity index (χ1v) is 7.02. The lowest BCUT2D eigenvalue weighted by atomic mass is 9.87. The van der Waals surface area contributed by atoms with Crippen LogP contribution in [0.5, 0.6) is 0 Å². The van der Waals surface area contributed by atoms with Crippen molar-refractivity contribution in [1.82, 2.24) is 4.98 Å². The van der Waals surface area contributed by atoms with Crippen LogP contribution in [0.2, 0.25) is 0 Å². The van der Waals surface area contributed by atoms with E-state index in [1.54, 1.807) is 19.2 Å². The summed E-state index contributed by atoms with van der Waals surface area (Å²) >= 11 is 0. The SMILES string of the molecule is Cc1ccnc(NCCC2CCCCC2)c1[N+](=O)[O-]. The molecule has 0 atom stereocenters. The van der Waals surface area contributed by atoms with E-state index in [1.165, 1.54) is 32.1 Å². The molecule has 0 spiro atoms. The molecule has 2 rings (SSSR count). The molecule has 104 valence electrons.